The molecule has 0 aliphatic carbocycles. The molecule has 2 aliphatic rings. The molecule has 2 aromatic carbocycles. The van der Waals surface area contributed by atoms with Crippen molar-refractivity contribution in [2.75, 3.05) is 51.2 Å². The van der Waals surface area contributed by atoms with Gasteiger partial charge in [-0.05, 0) is 75.6 Å². The maximum absolute atomic E-state index is 5.06. The molecule has 0 amide bonds. The number of H-pyrrole nitrogens is 1. The average Bonchev–Trinajstić information content (AvgIpc) is 3.33. The van der Waals surface area contributed by atoms with Crippen LogP contribution in [0.1, 0.15) is 24.0 Å². The van der Waals surface area contributed by atoms with Gasteiger partial charge >= 0.3 is 0 Å². The molecule has 0 atom stereocenters. The lowest BCUT2D eigenvalue weighted by Crippen LogP contribution is -2.53. The van der Waals surface area contributed by atoms with Crippen LogP contribution in [-0.4, -0.2) is 77.1 Å². The molecule has 6 heteroatoms. The van der Waals surface area contributed by atoms with Gasteiger partial charge in [0.05, 0.1) is 11.9 Å². The minimum atomic E-state index is 0.760. The number of aryl methyl sites for hydroxylation is 2. The van der Waals surface area contributed by atoms with Crippen molar-refractivity contribution in [2.45, 2.75) is 32.7 Å². The van der Waals surface area contributed by atoms with Gasteiger partial charge in [0.25, 0.3) is 0 Å². The molecule has 2 aliphatic heterocycles. The first-order chi connectivity index (χ1) is 17.6. The van der Waals surface area contributed by atoms with Crippen molar-refractivity contribution in [3.63, 3.8) is 0 Å². The van der Waals surface area contributed by atoms with Crippen LogP contribution < -0.4 is 4.90 Å². The van der Waals surface area contributed by atoms with Crippen molar-refractivity contribution < 1.29 is 0 Å². The minimum absolute atomic E-state index is 0.760. The summed E-state index contributed by atoms with van der Waals surface area (Å²) in [5.41, 5.74) is 10.1. The summed E-state index contributed by atoms with van der Waals surface area (Å²) in [4.78, 5) is 20.8. The fraction of sp³-hybridized carbons (Fsp3) is 0.400. The number of piperidine rings is 1. The number of aromatic nitrogens is 3. The molecule has 0 spiro atoms. The standard InChI is InChI=1S/C30H36N6/c1-21-17-24(27-20-32-30-28(33-27)26(19-31-30)23-7-5-4-6-8-23)18-22(2)29(21)36-15-13-35(14-16-36)25-9-11-34(3)12-10-25/h4-8,17-20,25H,9-16H2,1-3H3,(H,31,32). The highest BCUT2D eigenvalue weighted by atomic mass is 15.3. The Morgan fingerprint density at radius 2 is 1.56 bits per heavy atom. The van der Waals surface area contributed by atoms with Gasteiger partial charge in [-0.2, -0.15) is 0 Å². The maximum atomic E-state index is 5.06. The number of nitrogens with one attached hydrogen (secondary N) is 1. The van der Waals surface area contributed by atoms with E-state index in [4.69, 9.17) is 9.97 Å². The molecular weight excluding hydrogens is 444 g/mol. The Kier molecular flexibility index (Phi) is 6.23. The number of aromatic amines is 1. The van der Waals surface area contributed by atoms with Gasteiger partial charge in [0.2, 0.25) is 0 Å². The van der Waals surface area contributed by atoms with E-state index < -0.39 is 0 Å². The molecule has 186 valence electrons. The predicted molar refractivity (Wildman–Crippen MR) is 149 cm³/mol. The first-order valence-electron chi connectivity index (χ1n) is 13.3. The van der Waals surface area contributed by atoms with Crippen LogP contribution in [0.5, 0.6) is 0 Å². The molecule has 2 aromatic heterocycles. The van der Waals surface area contributed by atoms with Crippen LogP contribution in [0.4, 0.5) is 5.69 Å². The number of benzene rings is 2. The summed E-state index contributed by atoms with van der Waals surface area (Å²) in [5.74, 6) is 0. The molecular formula is C30H36N6. The Labute approximate surface area is 214 Å². The van der Waals surface area contributed by atoms with Crippen molar-refractivity contribution >= 4 is 16.9 Å². The van der Waals surface area contributed by atoms with Crippen LogP contribution in [-0.2, 0) is 0 Å². The number of hydrogen-bond donors (Lipinski definition) is 1. The van der Waals surface area contributed by atoms with Gasteiger partial charge in [-0.25, -0.2) is 9.97 Å². The van der Waals surface area contributed by atoms with E-state index in [1.54, 1.807) is 0 Å². The molecule has 1 N–H and O–H groups in total. The minimum Gasteiger partial charge on any atom is -0.369 e. The second kappa shape index (κ2) is 9.68. The molecule has 0 radical (unpaired) electrons. The Morgan fingerprint density at radius 3 is 2.25 bits per heavy atom. The fourth-order valence-corrected chi connectivity index (χ4v) is 6.14. The third-order valence-corrected chi connectivity index (χ3v) is 8.09. The third kappa shape index (κ3) is 4.40. The molecule has 4 heterocycles. The zero-order chi connectivity index (χ0) is 24.6. The van der Waals surface area contributed by atoms with E-state index in [1.165, 1.54) is 42.7 Å². The zero-order valence-corrected chi connectivity index (χ0v) is 21.7. The normalized spacial score (nSPS) is 18.2. The number of rotatable bonds is 4. The lowest BCUT2D eigenvalue weighted by Gasteiger charge is -2.43. The van der Waals surface area contributed by atoms with Crippen LogP contribution >= 0.6 is 0 Å². The van der Waals surface area contributed by atoms with E-state index in [-0.39, 0.29) is 0 Å². The van der Waals surface area contributed by atoms with Crippen molar-refractivity contribution in [3.05, 3.63) is 66.0 Å². The molecule has 0 saturated carbocycles. The van der Waals surface area contributed by atoms with Gasteiger partial charge in [-0.1, -0.05) is 30.3 Å². The quantitative estimate of drug-likeness (QED) is 0.439. The SMILES string of the molecule is Cc1cc(-c2cnc3[nH]cc(-c4ccccc4)c3n2)cc(C)c1N1CCN(C2CCN(C)CC2)CC1. The summed E-state index contributed by atoms with van der Waals surface area (Å²) < 4.78 is 0. The molecule has 4 aromatic rings. The van der Waals surface area contributed by atoms with Gasteiger partial charge < -0.3 is 14.8 Å². The van der Waals surface area contributed by atoms with Crippen LogP contribution in [0.15, 0.2) is 54.9 Å². The summed E-state index contributed by atoms with van der Waals surface area (Å²) in [6.45, 7) is 11.5. The number of likely N-dealkylation sites (tertiary alicyclic amines) is 1. The van der Waals surface area contributed by atoms with E-state index in [2.05, 4.69) is 77.0 Å². The highest BCUT2D eigenvalue weighted by molar-refractivity contribution is 5.91. The molecule has 0 unspecified atom stereocenters. The molecule has 36 heavy (non-hydrogen) atoms. The van der Waals surface area contributed by atoms with Gasteiger partial charge in [0, 0.05) is 55.2 Å². The van der Waals surface area contributed by atoms with Gasteiger partial charge in [-0.3, -0.25) is 4.90 Å². The van der Waals surface area contributed by atoms with E-state index in [0.29, 0.717) is 0 Å². The van der Waals surface area contributed by atoms with Gasteiger partial charge in [0.15, 0.2) is 5.65 Å². The summed E-state index contributed by atoms with van der Waals surface area (Å²) in [6.07, 6.45) is 6.51. The zero-order valence-electron chi connectivity index (χ0n) is 21.7. The van der Waals surface area contributed by atoms with Crippen LogP contribution in [0.25, 0.3) is 33.5 Å². The Hall–Kier alpha value is -3.22. The van der Waals surface area contributed by atoms with E-state index >= 15 is 0 Å². The lowest BCUT2D eigenvalue weighted by molar-refractivity contribution is 0.115. The Bertz CT molecular complexity index is 1320. The van der Waals surface area contributed by atoms with Gasteiger partial charge in [0.1, 0.15) is 5.52 Å². The highest BCUT2D eigenvalue weighted by Crippen LogP contribution is 2.33. The van der Waals surface area contributed by atoms with Crippen molar-refractivity contribution in [1.29, 1.82) is 0 Å². The first kappa shape index (κ1) is 23.2. The summed E-state index contributed by atoms with van der Waals surface area (Å²) >= 11 is 0. The number of piperazine rings is 1. The predicted octanol–water partition coefficient (Wildman–Crippen LogP) is 5.12. The smallest absolute Gasteiger partial charge is 0.156 e. The van der Waals surface area contributed by atoms with Crippen LogP contribution in [0.3, 0.4) is 0 Å². The molecule has 2 fully saturated rings. The number of fused-ring (bicyclic) bond motifs is 1. The lowest BCUT2D eigenvalue weighted by atomic mass is 9.99. The van der Waals surface area contributed by atoms with Crippen molar-refractivity contribution in [1.82, 2.24) is 24.8 Å². The monoisotopic (exact) mass is 480 g/mol. The third-order valence-electron chi connectivity index (χ3n) is 8.09. The van der Waals surface area contributed by atoms with Crippen molar-refractivity contribution in [3.8, 4) is 22.4 Å². The molecule has 6 nitrogen and oxygen atoms in total. The average molecular weight is 481 g/mol. The topological polar surface area (TPSA) is 51.3 Å². The second-order valence-corrected chi connectivity index (χ2v) is 10.5. The number of anilines is 1. The molecule has 0 bridgehead atoms. The number of nitrogens with zero attached hydrogens (tertiary/aromatic N) is 5. The summed E-state index contributed by atoms with van der Waals surface area (Å²) in [6, 6.07) is 15.7. The Morgan fingerprint density at radius 1 is 0.861 bits per heavy atom. The van der Waals surface area contributed by atoms with Gasteiger partial charge in [-0.15, -0.1) is 0 Å². The van der Waals surface area contributed by atoms with Crippen LogP contribution in [0.2, 0.25) is 0 Å². The summed E-state index contributed by atoms with van der Waals surface area (Å²) in [5, 5.41) is 0. The summed E-state index contributed by atoms with van der Waals surface area (Å²) in [7, 11) is 2.24. The largest absolute Gasteiger partial charge is 0.369 e. The molecule has 2 saturated heterocycles. The fourth-order valence-electron chi connectivity index (χ4n) is 6.14. The van der Waals surface area contributed by atoms with E-state index in [0.717, 1.165) is 65.8 Å². The van der Waals surface area contributed by atoms with E-state index in [9.17, 15) is 0 Å². The van der Waals surface area contributed by atoms with E-state index in [1.807, 2.05) is 18.5 Å². The second-order valence-electron chi connectivity index (χ2n) is 10.5. The van der Waals surface area contributed by atoms with Crippen LogP contribution in [0, 0.1) is 13.8 Å². The maximum Gasteiger partial charge on any atom is 0.156 e. The molecule has 6 rings (SSSR count). The van der Waals surface area contributed by atoms with Crippen molar-refractivity contribution in [2.24, 2.45) is 0 Å². The first-order valence-corrected chi connectivity index (χ1v) is 13.3. The highest BCUT2D eigenvalue weighted by Gasteiger charge is 2.27. The Balaban J connectivity index is 1.23. The number of hydrogen-bond acceptors (Lipinski definition) is 5.